The summed E-state index contributed by atoms with van der Waals surface area (Å²) in [4.78, 5) is 5.56. The summed E-state index contributed by atoms with van der Waals surface area (Å²) in [6, 6.07) is 7.80. The molecule has 0 amide bonds. The van der Waals surface area contributed by atoms with Crippen LogP contribution in [0.1, 0.15) is 26.6 Å². The summed E-state index contributed by atoms with van der Waals surface area (Å²) in [5.41, 5.74) is 6.68. The number of nitrogen functional groups attached to an aromatic ring is 1. The minimum Gasteiger partial charge on any atom is -0.398 e. The molecule has 1 aromatic heterocycles. The Morgan fingerprint density at radius 2 is 1.94 bits per heavy atom. The number of hydrogen-bond donors (Lipinski definition) is 1. The van der Waals surface area contributed by atoms with Crippen LogP contribution >= 0.6 is 23.3 Å². The van der Waals surface area contributed by atoms with Crippen LogP contribution in [-0.2, 0) is 5.41 Å². The second-order valence-electron chi connectivity index (χ2n) is 4.77. The zero-order chi connectivity index (χ0) is 12.5. The van der Waals surface area contributed by atoms with Crippen LogP contribution in [0.15, 0.2) is 33.5 Å². The first-order valence-corrected chi connectivity index (χ1v) is 6.92. The van der Waals surface area contributed by atoms with Gasteiger partial charge in [0.2, 0.25) is 0 Å². The largest absolute Gasteiger partial charge is 0.398 e. The minimum atomic E-state index is -0.00244. The molecule has 0 spiro atoms. The molecule has 1 heterocycles. The van der Waals surface area contributed by atoms with Gasteiger partial charge in [0.25, 0.3) is 0 Å². The smallest absolute Gasteiger partial charge is 0.174 e. The third-order valence-corrected chi connectivity index (χ3v) is 4.04. The lowest BCUT2D eigenvalue weighted by Gasteiger charge is -2.12. The van der Waals surface area contributed by atoms with Gasteiger partial charge in [-0.3, -0.25) is 0 Å². The molecule has 17 heavy (non-hydrogen) atoms. The van der Waals surface area contributed by atoms with Gasteiger partial charge < -0.3 is 5.73 Å². The van der Waals surface area contributed by atoms with Crippen molar-refractivity contribution in [1.29, 1.82) is 0 Å². The SMILES string of the molecule is CC(C)(C)c1nsc(Sc2ccccc2N)n1. The number of anilines is 1. The molecule has 0 fully saturated rings. The Morgan fingerprint density at radius 3 is 2.53 bits per heavy atom. The van der Waals surface area contributed by atoms with Crippen molar-refractivity contribution < 1.29 is 0 Å². The van der Waals surface area contributed by atoms with E-state index in [-0.39, 0.29) is 5.41 Å². The molecule has 0 bridgehead atoms. The van der Waals surface area contributed by atoms with Gasteiger partial charge in [-0.1, -0.05) is 44.7 Å². The highest BCUT2D eigenvalue weighted by Gasteiger charge is 2.19. The normalized spacial score (nSPS) is 11.7. The molecular weight excluding hydrogens is 250 g/mol. The third kappa shape index (κ3) is 2.98. The maximum Gasteiger partial charge on any atom is 0.174 e. The van der Waals surface area contributed by atoms with Gasteiger partial charge in [0.1, 0.15) is 5.82 Å². The first kappa shape index (κ1) is 12.4. The van der Waals surface area contributed by atoms with Gasteiger partial charge in [-0.25, -0.2) is 4.98 Å². The summed E-state index contributed by atoms with van der Waals surface area (Å²) in [7, 11) is 0. The van der Waals surface area contributed by atoms with Gasteiger partial charge in [-0.05, 0) is 23.7 Å². The molecule has 0 aliphatic rings. The highest BCUT2D eigenvalue weighted by Crippen LogP contribution is 2.34. The zero-order valence-electron chi connectivity index (χ0n) is 10.1. The molecule has 2 aromatic rings. The molecule has 2 N–H and O–H groups in total. The van der Waals surface area contributed by atoms with E-state index in [0.29, 0.717) is 0 Å². The molecule has 0 saturated carbocycles. The van der Waals surface area contributed by atoms with Crippen molar-refractivity contribution >= 4 is 29.0 Å². The summed E-state index contributed by atoms with van der Waals surface area (Å²) in [6.07, 6.45) is 0. The summed E-state index contributed by atoms with van der Waals surface area (Å²) >= 11 is 3.00. The van der Waals surface area contributed by atoms with Crippen LogP contribution < -0.4 is 5.73 Å². The second kappa shape index (κ2) is 4.66. The fourth-order valence-electron chi connectivity index (χ4n) is 1.22. The predicted octanol–water partition coefficient (Wildman–Crippen LogP) is 3.57. The summed E-state index contributed by atoms with van der Waals surface area (Å²) in [6.45, 7) is 6.33. The van der Waals surface area contributed by atoms with Crippen molar-refractivity contribution in [1.82, 2.24) is 9.36 Å². The third-order valence-electron chi connectivity index (χ3n) is 2.19. The molecule has 0 atom stereocenters. The number of aromatic nitrogens is 2. The number of benzene rings is 1. The Bertz CT molecular complexity index is 514. The van der Waals surface area contributed by atoms with Crippen molar-refractivity contribution in [3.05, 3.63) is 30.1 Å². The molecule has 0 unspecified atom stereocenters. The molecule has 0 aliphatic heterocycles. The molecule has 3 nitrogen and oxygen atoms in total. The molecule has 0 radical (unpaired) electrons. The van der Waals surface area contributed by atoms with Gasteiger partial charge in [0.05, 0.1) is 0 Å². The van der Waals surface area contributed by atoms with Crippen molar-refractivity contribution in [2.24, 2.45) is 0 Å². The zero-order valence-corrected chi connectivity index (χ0v) is 11.7. The lowest BCUT2D eigenvalue weighted by Crippen LogP contribution is -2.12. The van der Waals surface area contributed by atoms with Crippen LogP contribution in [0.2, 0.25) is 0 Å². The molecule has 2 rings (SSSR count). The quantitative estimate of drug-likeness (QED) is 0.843. The minimum absolute atomic E-state index is 0.00244. The summed E-state index contributed by atoms with van der Waals surface area (Å²) in [5.74, 6) is 0.888. The number of nitrogens with two attached hydrogens (primary N) is 1. The fourth-order valence-corrected chi connectivity index (χ4v) is 3.01. The molecule has 0 saturated heterocycles. The molecule has 5 heteroatoms. The lowest BCUT2D eigenvalue weighted by molar-refractivity contribution is 0.551. The average molecular weight is 265 g/mol. The Hall–Kier alpha value is -1.07. The Balaban J connectivity index is 2.21. The highest BCUT2D eigenvalue weighted by atomic mass is 32.2. The topological polar surface area (TPSA) is 51.8 Å². The number of hydrogen-bond acceptors (Lipinski definition) is 5. The standard InChI is InChI=1S/C12H15N3S2/c1-12(2,3)10-14-11(17-15-10)16-9-7-5-4-6-8(9)13/h4-7H,13H2,1-3H3. The van der Waals surface area contributed by atoms with Crippen LogP contribution in [-0.4, -0.2) is 9.36 Å². The van der Waals surface area contributed by atoms with Crippen molar-refractivity contribution in [3.63, 3.8) is 0 Å². The Labute approximate surface area is 110 Å². The summed E-state index contributed by atoms with van der Waals surface area (Å²) < 4.78 is 5.32. The van der Waals surface area contributed by atoms with Crippen LogP contribution in [0.25, 0.3) is 0 Å². The van der Waals surface area contributed by atoms with Crippen LogP contribution in [0.3, 0.4) is 0 Å². The van der Waals surface area contributed by atoms with E-state index in [4.69, 9.17) is 5.73 Å². The van der Waals surface area contributed by atoms with E-state index < -0.39 is 0 Å². The molecule has 0 aliphatic carbocycles. The Kier molecular flexibility index (Phi) is 3.40. The van der Waals surface area contributed by atoms with Crippen molar-refractivity contribution in [3.8, 4) is 0 Å². The average Bonchev–Trinajstić information content (AvgIpc) is 2.69. The number of para-hydroxylation sites is 1. The van der Waals surface area contributed by atoms with Crippen LogP contribution in [0.5, 0.6) is 0 Å². The van der Waals surface area contributed by atoms with Gasteiger partial charge in [0, 0.05) is 16.0 Å². The maximum atomic E-state index is 5.90. The van der Waals surface area contributed by atoms with Gasteiger partial charge >= 0.3 is 0 Å². The van der Waals surface area contributed by atoms with Crippen LogP contribution in [0, 0.1) is 0 Å². The fraction of sp³-hybridized carbons (Fsp3) is 0.333. The first-order valence-electron chi connectivity index (χ1n) is 5.33. The molecular formula is C12H15N3S2. The van der Waals surface area contributed by atoms with Gasteiger partial charge in [-0.2, -0.15) is 4.37 Å². The van der Waals surface area contributed by atoms with E-state index >= 15 is 0 Å². The van der Waals surface area contributed by atoms with Gasteiger partial charge in [0.15, 0.2) is 4.34 Å². The van der Waals surface area contributed by atoms with E-state index in [0.717, 1.165) is 20.7 Å². The van der Waals surface area contributed by atoms with E-state index in [1.165, 1.54) is 11.5 Å². The van der Waals surface area contributed by atoms with Crippen molar-refractivity contribution in [2.45, 2.75) is 35.4 Å². The predicted molar refractivity (Wildman–Crippen MR) is 73.6 cm³/mol. The van der Waals surface area contributed by atoms with Crippen molar-refractivity contribution in [2.75, 3.05) is 5.73 Å². The Morgan fingerprint density at radius 1 is 1.24 bits per heavy atom. The summed E-state index contributed by atoms with van der Waals surface area (Å²) in [5, 5.41) is 0. The van der Waals surface area contributed by atoms with Gasteiger partial charge in [-0.15, -0.1) is 0 Å². The number of rotatable bonds is 2. The molecule has 90 valence electrons. The van der Waals surface area contributed by atoms with E-state index in [2.05, 4.69) is 30.1 Å². The monoisotopic (exact) mass is 265 g/mol. The van der Waals surface area contributed by atoms with E-state index in [1.807, 2.05) is 24.3 Å². The number of nitrogens with zero attached hydrogens (tertiary/aromatic N) is 2. The highest BCUT2D eigenvalue weighted by molar-refractivity contribution is 8.01. The molecule has 1 aromatic carbocycles. The van der Waals surface area contributed by atoms with E-state index in [1.54, 1.807) is 11.8 Å². The lowest BCUT2D eigenvalue weighted by atomic mass is 9.96. The maximum absolute atomic E-state index is 5.90. The first-order chi connectivity index (χ1) is 7.97. The second-order valence-corrected chi connectivity index (χ2v) is 6.81. The van der Waals surface area contributed by atoms with E-state index in [9.17, 15) is 0 Å². The van der Waals surface area contributed by atoms with Crippen LogP contribution in [0.4, 0.5) is 5.69 Å².